The Morgan fingerprint density at radius 2 is 2.00 bits per heavy atom. The van der Waals surface area contributed by atoms with Crippen LogP contribution in [0.15, 0.2) is 29.2 Å². The fourth-order valence-corrected chi connectivity index (χ4v) is 2.75. The number of likely N-dealkylation sites (N-methyl/N-ethyl adjacent to an activating group) is 1. The molecule has 98 valence electrons. The van der Waals surface area contributed by atoms with Gasteiger partial charge in [-0.15, -0.1) is 0 Å². The third-order valence-electron chi connectivity index (χ3n) is 2.68. The summed E-state index contributed by atoms with van der Waals surface area (Å²) in [7, 11) is 3.25. The third-order valence-corrected chi connectivity index (χ3v) is 4.17. The van der Waals surface area contributed by atoms with E-state index < -0.39 is 0 Å². The molecular formula is C13H12N2O2S2. The van der Waals surface area contributed by atoms with E-state index in [1.807, 2.05) is 0 Å². The Morgan fingerprint density at radius 1 is 1.37 bits per heavy atom. The molecule has 1 heterocycles. The minimum Gasteiger partial charge on any atom is -0.355 e. The molecule has 0 atom stereocenters. The molecule has 1 aliphatic rings. The molecule has 2 rings (SSSR count). The Bertz CT molecular complexity index is 579. The minimum atomic E-state index is -0.133. The van der Waals surface area contributed by atoms with Crippen LogP contribution in [0.2, 0.25) is 0 Å². The lowest BCUT2D eigenvalue weighted by Crippen LogP contribution is -2.22. The highest BCUT2D eigenvalue weighted by Crippen LogP contribution is 2.31. The van der Waals surface area contributed by atoms with Crippen molar-refractivity contribution < 1.29 is 9.59 Å². The number of rotatable bonds is 2. The van der Waals surface area contributed by atoms with Crippen LogP contribution < -0.4 is 5.32 Å². The summed E-state index contributed by atoms with van der Waals surface area (Å²) < 4.78 is 0.554. The smallest absolute Gasteiger partial charge is 0.265 e. The maximum Gasteiger partial charge on any atom is 0.265 e. The Morgan fingerprint density at radius 3 is 2.47 bits per heavy atom. The molecule has 0 aromatic heterocycles. The molecule has 1 aromatic rings. The van der Waals surface area contributed by atoms with Gasteiger partial charge in [0.05, 0.1) is 4.91 Å². The number of nitrogens with one attached hydrogen (secondary N) is 1. The van der Waals surface area contributed by atoms with Crippen molar-refractivity contribution in [1.82, 2.24) is 10.2 Å². The number of amides is 2. The quantitative estimate of drug-likeness (QED) is 0.668. The van der Waals surface area contributed by atoms with E-state index in [-0.39, 0.29) is 11.8 Å². The molecule has 1 fully saturated rings. The molecule has 0 saturated carbocycles. The number of thiocarbonyl (C=S) groups is 1. The summed E-state index contributed by atoms with van der Waals surface area (Å²) in [5, 5.41) is 2.56. The van der Waals surface area contributed by atoms with Crippen molar-refractivity contribution in [3.05, 3.63) is 40.3 Å². The van der Waals surface area contributed by atoms with Crippen LogP contribution in [0.5, 0.6) is 0 Å². The van der Waals surface area contributed by atoms with Gasteiger partial charge in [0, 0.05) is 19.7 Å². The number of hydrogen-bond donors (Lipinski definition) is 1. The summed E-state index contributed by atoms with van der Waals surface area (Å²) in [4.78, 5) is 25.3. The van der Waals surface area contributed by atoms with Crippen molar-refractivity contribution in [3.63, 3.8) is 0 Å². The second-order valence-electron chi connectivity index (χ2n) is 3.94. The highest BCUT2D eigenvalue weighted by molar-refractivity contribution is 8.26. The number of hydrogen-bond acceptors (Lipinski definition) is 4. The van der Waals surface area contributed by atoms with E-state index in [0.29, 0.717) is 14.8 Å². The van der Waals surface area contributed by atoms with Gasteiger partial charge in [-0.25, -0.2) is 0 Å². The summed E-state index contributed by atoms with van der Waals surface area (Å²) in [5.41, 5.74) is 1.45. The van der Waals surface area contributed by atoms with Crippen molar-refractivity contribution in [3.8, 4) is 0 Å². The molecule has 0 unspecified atom stereocenters. The Kier molecular flexibility index (Phi) is 4.01. The average molecular weight is 292 g/mol. The van der Waals surface area contributed by atoms with Crippen molar-refractivity contribution in [1.29, 1.82) is 0 Å². The number of carbonyl (C=O) groups is 2. The number of nitrogens with zero attached hydrogens (tertiary/aromatic N) is 1. The molecule has 1 aromatic carbocycles. The lowest BCUT2D eigenvalue weighted by molar-refractivity contribution is -0.121. The van der Waals surface area contributed by atoms with Crippen LogP contribution in [-0.4, -0.2) is 35.1 Å². The molecule has 2 amide bonds. The van der Waals surface area contributed by atoms with Gasteiger partial charge in [-0.1, -0.05) is 36.1 Å². The zero-order valence-electron chi connectivity index (χ0n) is 10.5. The standard InChI is InChI=1S/C13H12N2O2S2/c1-14-11(16)9-5-3-8(4-6-9)7-10-12(17)15(2)13(18)19-10/h3-7H,1-2H3,(H,14,16)/b10-7-. The van der Waals surface area contributed by atoms with E-state index in [9.17, 15) is 9.59 Å². The van der Waals surface area contributed by atoms with Crippen LogP contribution in [0.4, 0.5) is 0 Å². The first-order valence-corrected chi connectivity index (χ1v) is 6.79. The van der Waals surface area contributed by atoms with E-state index in [1.165, 1.54) is 16.7 Å². The van der Waals surface area contributed by atoms with Gasteiger partial charge in [-0.3, -0.25) is 14.5 Å². The van der Waals surface area contributed by atoms with E-state index in [1.54, 1.807) is 44.4 Å². The van der Waals surface area contributed by atoms with E-state index >= 15 is 0 Å². The number of thioether (sulfide) groups is 1. The fourth-order valence-electron chi connectivity index (χ4n) is 1.57. The van der Waals surface area contributed by atoms with Gasteiger partial charge in [-0.05, 0) is 23.8 Å². The summed E-state index contributed by atoms with van der Waals surface area (Å²) >= 11 is 6.34. The SMILES string of the molecule is CNC(=O)c1ccc(/C=C2\SC(=S)N(C)C2=O)cc1. The van der Waals surface area contributed by atoms with E-state index in [2.05, 4.69) is 5.32 Å². The largest absolute Gasteiger partial charge is 0.355 e. The molecule has 4 nitrogen and oxygen atoms in total. The number of carbonyl (C=O) groups excluding carboxylic acids is 2. The van der Waals surface area contributed by atoms with Crippen LogP contribution in [0.3, 0.4) is 0 Å². The molecule has 0 radical (unpaired) electrons. The Balaban J connectivity index is 2.23. The predicted octanol–water partition coefficient (Wildman–Crippen LogP) is 1.88. The predicted molar refractivity (Wildman–Crippen MR) is 80.8 cm³/mol. The van der Waals surface area contributed by atoms with Gasteiger partial charge in [0.25, 0.3) is 11.8 Å². The molecule has 1 saturated heterocycles. The topological polar surface area (TPSA) is 49.4 Å². The zero-order valence-corrected chi connectivity index (χ0v) is 12.1. The monoisotopic (exact) mass is 292 g/mol. The van der Waals surface area contributed by atoms with Crippen LogP contribution in [-0.2, 0) is 4.79 Å². The van der Waals surface area contributed by atoms with Gasteiger partial charge in [-0.2, -0.15) is 0 Å². The van der Waals surface area contributed by atoms with Gasteiger partial charge >= 0.3 is 0 Å². The fraction of sp³-hybridized carbons (Fsp3) is 0.154. The van der Waals surface area contributed by atoms with E-state index in [4.69, 9.17) is 12.2 Å². The molecular weight excluding hydrogens is 280 g/mol. The van der Waals surface area contributed by atoms with Crippen LogP contribution >= 0.6 is 24.0 Å². The van der Waals surface area contributed by atoms with Crippen molar-refractivity contribution in [2.24, 2.45) is 0 Å². The van der Waals surface area contributed by atoms with Gasteiger partial charge < -0.3 is 5.32 Å². The second kappa shape index (κ2) is 5.54. The first-order valence-electron chi connectivity index (χ1n) is 5.56. The first kappa shape index (κ1) is 13.8. The van der Waals surface area contributed by atoms with Crippen molar-refractivity contribution in [2.75, 3.05) is 14.1 Å². The van der Waals surface area contributed by atoms with Crippen LogP contribution in [0, 0.1) is 0 Å². The molecule has 0 spiro atoms. The van der Waals surface area contributed by atoms with Crippen molar-refractivity contribution >= 4 is 46.2 Å². The molecule has 0 bridgehead atoms. The summed E-state index contributed by atoms with van der Waals surface area (Å²) in [5.74, 6) is -0.225. The van der Waals surface area contributed by atoms with Gasteiger partial charge in [0.2, 0.25) is 0 Å². The maximum absolute atomic E-state index is 11.8. The molecule has 19 heavy (non-hydrogen) atoms. The molecule has 6 heteroatoms. The Labute approximate surface area is 120 Å². The summed E-state index contributed by atoms with van der Waals surface area (Å²) in [6, 6.07) is 7.04. The van der Waals surface area contributed by atoms with Gasteiger partial charge in [0.1, 0.15) is 4.32 Å². The van der Waals surface area contributed by atoms with Crippen molar-refractivity contribution in [2.45, 2.75) is 0 Å². The first-order chi connectivity index (χ1) is 9.02. The maximum atomic E-state index is 11.8. The van der Waals surface area contributed by atoms with Crippen LogP contribution in [0.25, 0.3) is 6.08 Å². The van der Waals surface area contributed by atoms with Gasteiger partial charge in [0.15, 0.2) is 0 Å². The van der Waals surface area contributed by atoms with Crippen LogP contribution in [0.1, 0.15) is 15.9 Å². The number of benzene rings is 1. The molecule has 1 aliphatic heterocycles. The van der Waals surface area contributed by atoms with E-state index in [0.717, 1.165) is 5.56 Å². The summed E-state index contributed by atoms with van der Waals surface area (Å²) in [6.07, 6.45) is 1.77. The third kappa shape index (κ3) is 2.85. The normalized spacial score (nSPS) is 17.2. The summed E-state index contributed by atoms with van der Waals surface area (Å²) in [6.45, 7) is 0. The zero-order chi connectivity index (χ0) is 14.0. The lowest BCUT2D eigenvalue weighted by Gasteiger charge is -2.03. The highest BCUT2D eigenvalue weighted by atomic mass is 32.2. The lowest BCUT2D eigenvalue weighted by atomic mass is 10.1. The minimum absolute atomic E-state index is 0.0922. The average Bonchev–Trinajstić information content (AvgIpc) is 2.66. The molecule has 1 N–H and O–H groups in total. The molecule has 0 aliphatic carbocycles. The second-order valence-corrected chi connectivity index (χ2v) is 5.62. The highest BCUT2D eigenvalue weighted by Gasteiger charge is 2.28. The Hall–Kier alpha value is -1.66.